The minimum Gasteiger partial charge on any atom is -0.349 e. The number of pyridine rings is 2. The number of rotatable bonds is 3. The highest BCUT2D eigenvalue weighted by atomic mass is 16.2. The van der Waals surface area contributed by atoms with Gasteiger partial charge >= 0.3 is 0 Å². The number of nitrogens with one attached hydrogen (secondary N) is 2. The third-order valence-corrected chi connectivity index (χ3v) is 7.24. The summed E-state index contributed by atoms with van der Waals surface area (Å²) in [6, 6.07) is 7.16. The summed E-state index contributed by atoms with van der Waals surface area (Å²) in [4.78, 5) is 32.0. The van der Waals surface area contributed by atoms with E-state index in [-0.39, 0.29) is 33.9 Å². The van der Waals surface area contributed by atoms with Gasteiger partial charge in [0, 0.05) is 29.7 Å². The van der Waals surface area contributed by atoms with Gasteiger partial charge in [0.05, 0.1) is 0 Å². The first-order valence-electron chi connectivity index (χ1n) is 9.27. The molecule has 0 spiro atoms. The molecule has 0 saturated heterocycles. The Morgan fingerprint density at radius 2 is 1.92 bits per heavy atom. The summed E-state index contributed by atoms with van der Waals surface area (Å²) in [6.45, 7) is 6.90. The number of hydrogen-bond acceptors (Lipinski definition) is 3. The van der Waals surface area contributed by atoms with Crippen molar-refractivity contribution in [2.24, 2.45) is 16.7 Å². The highest BCUT2D eigenvalue weighted by Crippen LogP contribution is 2.65. The van der Waals surface area contributed by atoms with Crippen LogP contribution in [0.25, 0.3) is 11.3 Å². The molecule has 2 fully saturated rings. The lowest BCUT2D eigenvalue weighted by molar-refractivity contribution is 0.0825. The van der Waals surface area contributed by atoms with Crippen LogP contribution in [0.4, 0.5) is 0 Å². The molecule has 0 aliphatic heterocycles. The average Bonchev–Trinajstić information content (AvgIpc) is 2.95. The fraction of sp³-hybridized carbons (Fsp3) is 0.476. The van der Waals surface area contributed by atoms with E-state index in [0.29, 0.717) is 11.6 Å². The predicted molar refractivity (Wildman–Crippen MR) is 101 cm³/mol. The van der Waals surface area contributed by atoms with Gasteiger partial charge in [-0.05, 0) is 60.3 Å². The minimum absolute atomic E-state index is 0.0943. The topological polar surface area (TPSA) is 74.8 Å². The monoisotopic (exact) mass is 351 g/mol. The summed E-state index contributed by atoms with van der Waals surface area (Å²) in [5, 5.41) is 3.15. The van der Waals surface area contributed by atoms with Crippen LogP contribution in [-0.2, 0) is 0 Å². The maximum Gasteiger partial charge on any atom is 0.261 e. The van der Waals surface area contributed by atoms with Crippen LogP contribution in [0.2, 0.25) is 0 Å². The number of carbonyl (C=O) groups is 1. The maximum atomic E-state index is 12.8. The van der Waals surface area contributed by atoms with E-state index in [0.717, 1.165) is 18.4 Å². The molecule has 3 unspecified atom stereocenters. The van der Waals surface area contributed by atoms with Gasteiger partial charge in [0.25, 0.3) is 11.5 Å². The Morgan fingerprint density at radius 3 is 2.50 bits per heavy atom. The van der Waals surface area contributed by atoms with E-state index >= 15 is 0 Å². The van der Waals surface area contributed by atoms with Gasteiger partial charge in [-0.2, -0.15) is 0 Å². The molecule has 2 aliphatic rings. The van der Waals surface area contributed by atoms with E-state index in [1.165, 1.54) is 6.42 Å². The zero-order chi connectivity index (χ0) is 18.5. The Labute approximate surface area is 153 Å². The molecule has 0 aromatic carbocycles. The maximum absolute atomic E-state index is 12.8. The lowest BCUT2D eigenvalue weighted by Gasteiger charge is -2.39. The Bertz CT molecular complexity index is 903. The van der Waals surface area contributed by atoms with E-state index in [9.17, 15) is 9.59 Å². The SMILES string of the molecule is CC1(C)C2CCC1(C)C(NC(=O)c1ccc(-c3ccncc3)[nH]c1=O)C2. The number of H-pyrrole nitrogens is 1. The van der Waals surface area contributed by atoms with Gasteiger partial charge in [-0.15, -0.1) is 0 Å². The number of hydrogen-bond donors (Lipinski definition) is 2. The molecule has 2 saturated carbocycles. The van der Waals surface area contributed by atoms with E-state index in [4.69, 9.17) is 0 Å². The van der Waals surface area contributed by atoms with Crippen LogP contribution in [-0.4, -0.2) is 21.9 Å². The number of aromatic nitrogens is 2. The highest BCUT2D eigenvalue weighted by molar-refractivity contribution is 5.94. The summed E-state index contributed by atoms with van der Waals surface area (Å²) in [5.74, 6) is 0.368. The van der Waals surface area contributed by atoms with Crippen molar-refractivity contribution >= 4 is 5.91 Å². The van der Waals surface area contributed by atoms with Gasteiger partial charge in [0.1, 0.15) is 5.56 Å². The molecule has 4 rings (SSSR count). The number of nitrogens with zero attached hydrogens (tertiary/aromatic N) is 1. The van der Waals surface area contributed by atoms with Crippen LogP contribution in [0.15, 0.2) is 41.5 Å². The number of carbonyl (C=O) groups excluding carboxylic acids is 1. The first kappa shape index (κ1) is 17.0. The number of amides is 1. The van der Waals surface area contributed by atoms with Crippen molar-refractivity contribution in [3.63, 3.8) is 0 Å². The van der Waals surface area contributed by atoms with Crippen molar-refractivity contribution < 1.29 is 4.79 Å². The summed E-state index contributed by atoms with van der Waals surface area (Å²) in [6.07, 6.45) is 6.71. The number of fused-ring (bicyclic) bond motifs is 2. The third-order valence-electron chi connectivity index (χ3n) is 7.24. The second-order valence-corrected chi connectivity index (χ2v) is 8.49. The first-order valence-corrected chi connectivity index (χ1v) is 9.27. The molecule has 26 heavy (non-hydrogen) atoms. The molecular formula is C21H25N3O2. The van der Waals surface area contributed by atoms with Crippen LogP contribution in [0, 0.1) is 16.7 Å². The average molecular weight is 351 g/mol. The zero-order valence-electron chi connectivity index (χ0n) is 15.5. The molecular weight excluding hydrogens is 326 g/mol. The van der Waals surface area contributed by atoms with Gasteiger partial charge in [-0.1, -0.05) is 20.8 Å². The molecule has 2 aromatic heterocycles. The molecule has 2 aliphatic carbocycles. The van der Waals surface area contributed by atoms with Gasteiger partial charge in [-0.3, -0.25) is 14.6 Å². The van der Waals surface area contributed by atoms with Crippen molar-refractivity contribution in [2.45, 2.75) is 46.1 Å². The lowest BCUT2D eigenvalue weighted by atomic mass is 9.69. The minimum atomic E-state index is -0.357. The Balaban J connectivity index is 1.56. The normalized spacial score (nSPS) is 28.9. The Morgan fingerprint density at radius 1 is 1.19 bits per heavy atom. The molecule has 2 aromatic rings. The van der Waals surface area contributed by atoms with Crippen LogP contribution in [0.3, 0.4) is 0 Å². The molecule has 2 bridgehead atoms. The Kier molecular flexibility index (Phi) is 3.79. The second kappa shape index (κ2) is 5.79. The van der Waals surface area contributed by atoms with Crippen LogP contribution < -0.4 is 10.9 Å². The van der Waals surface area contributed by atoms with Crippen LogP contribution in [0.1, 0.15) is 50.4 Å². The zero-order valence-corrected chi connectivity index (χ0v) is 15.5. The van der Waals surface area contributed by atoms with Crippen molar-refractivity contribution in [2.75, 3.05) is 0 Å². The second-order valence-electron chi connectivity index (χ2n) is 8.49. The molecule has 136 valence electrons. The third kappa shape index (κ3) is 2.41. The molecule has 3 atom stereocenters. The summed E-state index contributed by atoms with van der Waals surface area (Å²) in [7, 11) is 0. The van der Waals surface area contributed by atoms with Crippen molar-refractivity contribution in [1.29, 1.82) is 0 Å². The van der Waals surface area contributed by atoms with Gasteiger partial charge in [-0.25, -0.2) is 0 Å². The molecule has 5 nitrogen and oxygen atoms in total. The van der Waals surface area contributed by atoms with Crippen molar-refractivity contribution in [3.8, 4) is 11.3 Å². The van der Waals surface area contributed by atoms with Crippen molar-refractivity contribution in [3.05, 3.63) is 52.6 Å². The summed E-state index contributed by atoms with van der Waals surface area (Å²) >= 11 is 0. The van der Waals surface area contributed by atoms with E-state index < -0.39 is 0 Å². The summed E-state index contributed by atoms with van der Waals surface area (Å²) in [5.41, 5.74) is 1.68. The predicted octanol–water partition coefficient (Wildman–Crippen LogP) is 3.38. The standard InChI is InChI=1S/C21H25N3O2/c1-20(2)14-6-9-21(20,3)17(12-14)24-19(26)15-4-5-16(23-18(15)25)13-7-10-22-11-8-13/h4-5,7-8,10-11,14,17H,6,9,12H2,1-3H3,(H,23,25)(H,24,26). The quantitative estimate of drug-likeness (QED) is 0.890. The Hall–Kier alpha value is -2.43. The van der Waals surface area contributed by atoms with Crippen LogP contribution in [0.5, 0.6) is 0 Å². The van der Waals surface area contributed by atoms with Gasteiger partial charge in [0.15, 0.2) is 0 Å². The van der Waals surface area contributed by atoms with Crippen molar-refractivity contribution in [1.82, 2.24) is 15.3 Å². The van der Waals surface area contributed by atoms with Crippen LogP contribution >= 0.6 is 0 Å². The van der Waals surface area contributed by atoms with E-state index in [1.807, 2.05) is 12.1 Å². The summed E-state index contributed by atoms with van der Waals surface area (Å²) < 4.78 is 0. The molecule has 0 radical (unpaired) electrons. The lowest BCUT2D eigenvalue weighted by Crippen LogP contribution is -2.47. The first-order chi connectivity index (χ1) is 12.3. The van der Waals surface area contributed by atoms with E-state index in [1.54, 1.807) is 24.5 Å². The largest absolute Gasteiger partial charge is 0.349 e. The van der Waals surface area contributed by atoms with Gasteiger partial charge in [0.2, 0.25) is 0 Å². The molecule has 1 amide bonds. The molecule has 5 heteroatoms. The molecule has 2 N–H and O–H groups in total. The molecule has 2 heterocycles. The fourth-order valence-corrected chi connectivity index (χ4v) is 5.01. The van der Waals surface area contributed by atoms with E-state index in [2.05, 4.69) is 36.1 Å². The number of aromatic amines is 1. The smallest absolute Gasteiger partial charge is 0.261 e. The van der Waals surface area contributed by atoms with Gasteiger partial charge < -0.3 is 10.3 Å². The highest BCUT2D eigenvalue weighted by Gasteiger charge is 2.61. The fourth-order valence-electron chi connectivity index (χ4n) is 5.01.